The van der Waals surface area contributed by atoms with E-state index in [-0.39, 0.29) is 5.91 Å². The Bertz CT molecular complexity index is 647. The molecule has 0 atom stereocenters. The van der Waals surface area contributed by atoms with Crippen LogP contribution in [0.5, 0.6) is 5.75 Å². The van der Waals surface area contributed by atoms with Gasteiger partial charge >= 0.3 is 0 Å². The molecule has 2 aromatic rings. The number of nitrogens with zero attached hydrogens (tertiary/aromatic N) is 2. The zero-order valence-corrected chi connectivity index (χ0v) is 12.9. The molecule has 1 aromatic heterocycles. The molecule has 0 spiro atoms. The van der Waals surface area contributed by atoms with Crippen LogP contribution in [0.25, 0.3) is 0 Å². The molecule has 0 aliphatic rings. The molecule has 21 heavy (non-hydrogen) atoms. The number of nitrogens with one attached hydrogen (secondary N) is 1. The number of methoxy groups -OCH3 is 1. The molecule has 5 heteroatoms. The Balaban J connectivity index is 2.24. The maximum absolute atomic E-state index is 12.4. The van der Waals surface area contributed by atoms with Crippen molar-refractivity contribution in [3.8, 4) is 5.75 Å². The Hall–Kier alpha value is -2.30. The largest absolute Gasteiger partial charge is 0.497 e. The molecule has 0 unspecified atom stereocenters. The van der Waals surface area contributed by atoms with Crippen molar-refractivity contribution in [3.05, 3.63) is 41.1 Å². The third-order valence-electron chi connectivity index (χ3n) is 3.37. The Labute approximate surface area is 124 Å². The molecular weight excluding hydrogens is 266 g/mol. The Kier molecular flexibility index (Phi) is 4.62. The van der Waals surface area contributed by atoms with E-state index in [0.717, 1.165) is 35.7 Å². The lowest BCUT2D eigenvalue weighted by molar-refractivity contribution is 0.102. The van der Waals surface area contributed by atoms with Crippen LogP contribution in [-0.4, -0.2) is 22.8 Å². The fraction of sp³-hybridized carbons (Fsp3) is 0.375. The number of anilines is 1. The van der Waals surface area contributed by atoms with E-state index in [4.69, 9.17) is 4.74 Å². The fourth-order valence-corrected chi connectivity index (χ4v) is 2.22. The summed E-state index contributed by atoms with van der Waals surface area (Å²) in [6.45, 7) is 6.70. The summed E-state index contributed by atoms with van der Waals surface area (Å²) < 4.78 is 6.99. The highest BCUT2D eigenvalue weighted by Crippen LogP contribution is 2.20. The number of benzene rings is 1. The monoisotopic (exact) mass is 287 g/mol. The number of carbonyl (C=O) groups excluding carboxylic acids is 1. The van der Waals surface area contributed by atoms with E-state index < -0.39 is 0 Å². The molecule has 0 bridgehead atoms. The van der Waals surface area contributed by atoms with Gasteiger partial charge in [0.25, 0.3) is 5.91 Å². The van der Waals surface area contributed by atoms with Crippen LogP contribution in [-0.2, 0) is 6.54 Å². The molecule has 5 nitrogen and oxygen atoms in total. The van der Waals surface area contributed by atoms with Crippen molar-refractivity contribution in [1.29, 1.82) is 0 Å². The molecule has 0 saturated heterocycles. The van der Waals surface area contributed by atoms with Crippen molar-refractivity contribution >= 4 is 11.7 Å². The first kappa shape index (κ1) is 15.1. The number of ether oxygens (including phenoxy) is 1. The first-order valence-electron chi connectivity index (χ1n) is 7.05. The minimum atomic E-state index is -0.129. The molecule has 0 aliphatic heterocycles. The molecule has 0 aliphatic carbocycles. The van der Waals surface area contributed by atoms with Gasteiger partial charge in [0.2, 0.25) is 0 Å². The molecule has 0 radical (unpaired) electrons. The van der Waals surface area contributed by atoms with Crippen LogP contribution in [0.2, 0.25) is 0 Å². The summed E-state index contributed by atoms with van der Waals surface area (Å²) in [5.41, 5.74) is 2.48. The van der Waals surface area contributed by atoms with E-state index in [2.05, 4.69) is 17.3 Å². The number of amides is 1. The van der Waals surface area contributed by atoms with Crippen molar-refractivity contribution in [2.75, 3.05) is 12.4 Å². The van der Waals surface area contributed by atoms with Crippen LogP contribution >= 0.6 is 0 Å². The van der Waals surface area contributed by atoms with E-state index in [1.165, 1.54) is 0 Å². The third-order valence-corrected chi connectivity index (χ3v) is 3.37. The van der Waals surface area contributed by atoms with Gasteiger partial charge in [-0.25, -0.2) is 4.68 Å². The van der Waals surface area contributed by atoms with Crippen LogP contribution in [0.15, 0.2) is 24.4 Å². The van der Waals surface area contributed by atoms with Crippen molar-refractivity contribution in [3.63, 3.8) is 0 Å². The second-order valence-corrected chi connectivity index (χ2v) is 5.03. The van der Waals surface area contributed by atoms with E-state index in [0.29, 0.717) is 5.56 Å². The van der Waals surface area contributed by atoms with Crippen molar-refractivity contribution in [1.82, 2.24) is 9.78 Å². The normalized spacial score (nSPS) is 10.5. The number of hydrogen-bond donors (Lipinski definition) is 1. The maximum atomic E-state index is 12.4. The molecule has 1 heterocycles. The molecule has 2 rings (SSSR count). The van der Waals surface area contributed by atoms with Crippen LogP contribution in [0.1, 0.15) is 34.8 Å². The highest BCUT2D eigenvalue weighted by atomic mass is 16.5. The van der Waals surface area contributed by atoms with Gasteiger partial charge in [-0.3, -0.25) is 4.79 Å². The highest BCUT2D eigenvalue weighted by molar-refractivity contribution is 6.05. The van der Waals surface area contributed by atoms with Crippen molar-refractivity contribution in [2.24, 2.45) is 0 Å². The number of rotatable bonds is 5. The number of aromatic nitrogens is 2. The summed E-state index contributed by atoms with van der Waals surface area (Å²) in [5.74, 6) is 1.38. The van der Waals surface area contributed by atoms with E-state index in [1.54, 1.807) is 25.4 Å². The van der Waals surface area contributed by atoms with E-state index in [1.807, 2.05) is 24.6 Å². The smallest absolute Gasteiger partial charge is 0.257 e. The van der Waals surface area contributed by atoms with Crippen LogP contribution in [0.3, 0.4) is 0 Å². The minimum Gasteiger partial charge on any atom is -0.497 e. The van der Waals surface area contributed by atoms with Gasteiger partial charge in [0.1, 0.15) is 11.6 Å². The number of aryl methyl sites for hydroxylation is 3. The Morgan fingerprint density at radius 2 is 2.10 bits per heavy atom. The summed E-state index contributed by atoms with van der Waals surface area (Å²) in [6, 6.07) is 5.42. The molecule has 1 aromatic carbocycles. The van der Waals surface area contributed by atoms with Gasteiger partial charge in [-0.15, -0.1) is 0 Å². The molecule has 112 valence electrons. The number of hydrogen-bond acceptors (Lipinski definition) is 3. The summed E-state index contributed by atoms with van der Waals surface area (Å²) >= 11 is 0. The summed E-state index contributed by atoms with van der Waals surface area (Å²) in [6.07, 6.45) is 2.73. The van der Waals surface area contributed by atoms with E-state index >= 15 is 0 Å². The van der Waals surface area contributed by atoms with E-state index in [9.17, 15) is 4.79 Å². The molecule has 1 N–H and O–H groups in total. The standard InChI is InChI=1S/C16H21N3O2/c1-5-8-19-15(12(3)10-17-19)18-16(20)14-7-6-13(21-4)9-11(14)2/h6-7,9-10H,5,8H2,1-4H3,(H,18,20). The van der Waals surface area contributed by atoms with Crippen molar-refractivity contribution < 1.29 is 9.53 Å². The molecule has 0 saturated carbocycles. The second kappa shape index (κ2) is 6.43. The van der Waals surface area contributed by atoms with Gasteiger partial charge in [-0.05, 0) is 44.0 Å². The van der Waals surface area contributed by atoms with Gasteiger partial charge in [0.15, 0.2) is 0 Å². The Morgan fingerprint density at radius 1 is 1.33 bits per heavy atom. The lowest BCUT2D eigenvalue weighted by atomic mass is 10.1. The first-order valence-corrected chi connectivity index (χ1v) is 7.05. The lowest BCUT2D eigenvalue weighted by Gasteiger charge is -2.11. The summed E-state index contributed by atoms with van der Waals surface area (Å²) in [4.78, 5) is 12.4. The molecule has 0 fully saturated rings. The van der Waals surface area contributed by atoms with Crippen LogP contribution < -0.4 is 10.1 Å². The summed E-state index contributed by atoms with van der Waals surface area (Å²) in [7, 11) is 1.61. The van der Waals surface area contributed by atoms with Gasteiger partial charge < -0.3 is 10.1 Å². The minimum absolute atomic E-state index is 0.129. The molecular formula is C16H21N3O2. The van der Waals surface area contributed by atoms with Gasteiger partial charge in [0, 0.05) is 17.7 Å². The van der Waals surface area contributed by atoms with Crippen LogP contribution in [0, 0.1) is 13.8 Å². The number of carbonyl (C=O) groups is 1. The third kappa shape index (κ3) is 3.24. The second-order valence-electron chi connectivity index (χ2n) is 5.03. The quantitative estimate of drug-likeness (QED) is 0.919. The van der Waals surface area contributed by atoms with Crippen molar-refractivity contribution in [2.45, 2.75) is 33.7 Å². The predicted molar refractivity (Wildman–Crippen MR) is 82.9 cm³/mol. The zero-order chi connectivity index (χ0) is 15.4. The highest BCUT2D eigenvalue weighted by Gasteiger charge is 2.14. The SMILES string of the molecule is CCCn1ncc(C)c1NC(=O)c1ccc(OC)cc1C. The fourth-order valence-electron chi connectivity index (χ4n) is 2.22. The van der Waals surface area contributed by atoms with Gasteiger partial charge in [0.05, 0.1) is 13.3 Å². The lowest BCUT2D eigenvalue weighted by Crippen LogP contribution is -2.17. The topological polar surface area (TPSA) is 56.2 Å². The molecule has 1 amide bonds. The van der Waals surface area contributed by atoms with Crippen LogP contribution in [0.4, 0.5) is 5.82 Å². The maximum Gasteiger partial charge on any atom is 0.257 e. The first-order chi connectivity index (χ1) is 10.1. The zero-order valence-electron chi connectivity index (χ0n) is 12.9. The van der Waals surface area contributed by atoms with Gasteiger partial charge in [-0.1, -0.05) is 6.92 Å². The Morgan fingerprint density at radius 3 is 2.71 bits per heavy atom. The average Bonchev–Trinajstić information content (AvgIpc) is 2.80. The summed E-state index contributed by atoms with van der Waals surface area (Å²) in [5, 5.41) is 7.24. The predicted octanol–water partition coefficient (Wildman–Crippen LogP) is 3.17. The van der Waals surface area contributed by atoms with Gasteiger partial charge in [-0.2, -0.15) is 5.10 Å². The average molecular weight is 287 g/mol.